The Labute approximate surface area is 117 Å². The molecule has 0 aliphatic carbocycles. The molecule has 0 aromatic carbocycles. The molecule has 5 nitrogen and oxygen atoms in total. The summed E-state index contributed by atoms with van der Waals surface area (Å²) in [6.45, 7) is 1.76. The molecule has 20 heavy (non-hydrogen) atoms. The molecule has 0 fully saturated rings. The fraction of sp³-hybridized carbons (Fsp3) is 0.364. The van der Waals surface area contributed by atoms with Crippen molar-refractivity contribution in [2.45, 2.75) is 23.3 Å². The zero-order valence-electron chi connectivity index (χ0n) is 11.0. The molecule has 0 bridgehead atoms. The summed E-state index contributed by atoms with van der Waals surface area (Å²) >= 11 is 1.03. The van der Waals surface area contributed by atoms with E-state index in [1.807, 2.05) is 0 Å². The molecule has 0 amide bonds. The first-order valence-corrected chi connectivity index (χ1v) is 6.44. The highest BCUT2D eigenvalue weighted by Crippen LogP contribution is 2.34. The van der Waals surface area contributed by atoms with Gasteiger partial charge in [-0.3, -0.25) is 0 Å². The molecule has 2 aromatic rings. The van der Waals surface area contributed by atoms with Crippen LogP contribution in [0.2, 0.25) is 0 Å². The third-order valence-corrected chi connectivity index (χ3v) is 3.59. The number of hydrogen-bond donors (Lipinski definition) is 1. The Kier molecular flexibility index (Phi) is 3.89. The molecule has 0 saturated carbocycles. The lowest BCUT2D eigenvalue weighted by Crippen LogP contribution is -2.07. The summed E-state index contributed by atoms with van der Waals surface area (Å²) in [6, 6.07) is 1.96. The molecule has 0 spiro atoms. The van der Waals surface area contributed by atoms with Gasteiger partial charge in [-0.25, -0.2) is 4.98 Å². The molecule has 0 unspecified atom stereocenters. The SMILES string of the molecule is CNc1cc(C(F)(F)F)cc(Sc2nnc(C)n2C)n1. The Hall–Kier alpha value is -1.77. The quantitative estimate of drug-likeness (QED) is 0.945. The molecule has 2 heterocycles. The first kappa shape index (κ1) is 14.6. The summed E-state index contributed by atoms with van der Waals surface area (Å²) in [5.41, 5.74) is -0.752. The Morgan fingerprint density at radius 1 is 1.25 bits per heavy atom. The van der Waals surface area contributed by atoms with Crippen molar-refractivity contribution in [3.63, 3.8) is 0 Å². The number of alkyl halides is 3. The minimum Gasteiger partial charge on any atom is -0.373 e. The second kappa shape index (κ2) is 5.31. The van der Waals surface area contributed by atoms with Gasteiger partial charge in [0.05, 0.1) is 5.56 Å². The van der Waals surface area contributed by atoms with Crippen LogP contribution >= 0.6 is 11.8 Å². The van der Waals surface area contributed by atoms with Gasteiger partial charge in [0, 0.05) is 14.1 Å². The van der Waals surface area contributed by atoms with Crippen molar-refractivity contribution in [2.75, 3.05) is 12.4 Å². The number of hydrogen-bond acceptors (Lipinski definition) is 5. The second-order valence-corrected chi connectivity index (χ2v) is 5.01. The summed E-state index contributed by atoms with van der Waals surface area (Å²) < 4.78 is 40.1. The summed E-state index contributed by atoms with van der Waals surface area (Å²) in [7, 11) is 3.26. The summed E-state index contributed by atoms with van der Waals surface area (Å²) in [6.07, 6.45) is -4.42. The Morgan fingerprint density at radius 2 is 1.95 bits per heavy atom. The van der Waals surface area contributed by atoms with E-state index in [2.05, 4.69) is 20.5 Å². The van der Waals surface area contributed by atoms with E-state index in [0.717, 1.165) is 23.9 Å². The highest BCUT2D eigenvalue weighted by atomic mass is 32.2. The van der Waals surface area contributed by atoms with Crippen LogP contribution in [-0.4, -0.2) is 26.8 Å². The molecule has 0 radical (unpaired) electrons. The molecule has 0 saturated heterocycles. The van der Waals surface area contributed by atoms with E-state index in [4.69, 9.17) is 0 Å². The smallest absolute Gasteiger partial charge is 0.373 e. The van der Waals surface area contributed by atoms with Gasteiger partial charge in [0.25, 0.3) is 0 Å². The van der Waals surface area contributed by atoms with E-state index in [9.17, 15) is 13.2 Å². The van der Waals surface area contributed by atoms with Crippen LogP contribution < -0.4 is 5.32 Å². The molecular weight excluding hydrogens is 291 g/mol. The number of nitrogens with zero attached hydrogens (tertiary/aromatic N) is 4. The van der Waals surface area contributed by atoms with Crippen molar-refractivity contribution in [3.8, 4) is 0 Å². The number of rotatable bonds is 3. The molecule has 0 aliphatic heterocycles. The molecular formula is C11H12F3N5S. The van der Waals surface area contributed by atoms with E-state index in [1.165, 1.54) is 7.05 Å². The fourth-order valence-corrected chi connectivity index (χ4v) is 2.29. The predicted octanol–water partition coefficient (Wildman–Crippen LogP) is 2.73. The number of nitrogens with one attached hydrogen (secondary N) is 1. The topological polar surface area (TPSA) is 55.6 Å². The minimum atomic E-state index is -4.42. The van der Waals surface area contributed by atoms with E-state index in [1.54, 1.807) is 18.5 Å². The van der Waals surface area contributed by atoms with Gasteiger partial charge < -0.3 is 9.88 Å². The molecule has 1 N–H and O–H groups in total. The summed E-state index contributed by atoms with van der Waals surface area (Å²) in [5, 5.41) is 11.1. The highest BCUT2D eigenvalue weighted by Gasteiger charge is 2.31. The van der Waals surface area contributed by atoms with Gasteiger partial charge in [0.15, 0.2) is 5.16 Å². The van der Waals surface area contributed by atoms with E-state index in [-0.39, 0.29) is 10.8 Å². The average molecular weight is 303 g/mol. The normalized spacial score (nSPS) is 11.7. The van der Waals surface area contributed by atoms with Gasteiger partial charge in [0.1, 0.15) is 16.7 Å². The number of aromatic nitrogens is 4. The van der Waals surface area contributed by atoms with Crippen LogP contribution in [0.3, 0.4) is 0 Å². The first-order chi connectivity index (χ1) is 9.31. The lowest BCUT2D eigenvalue weighted by molar-refractivity contribution is -0.137. The first-order valence-electron chi connectivity index (χ1n) is 5.62. The van der Waals surface area contributed by atoms with Crippen molar-refractivity contribution >= 4 is 17.6 Å². The van der Waals surface area contributed by atoms with Crippen LogP contribution in [0.1, 0.15) is 11.4 Å². The van der Waals surface area contributed by atoms with Crippen LogP contribution in [0.25, 0.3) is 0 Å². The van der Waals surface area contributed by atoms with E-state index < -0.39 is 11.7 Å². The van der Waals surface area contributed by atoms with Crippen LogP contribution in [-0.2, 0) is 13.2 Å². The monoisotopic (exact) mass is 303 g/mol. The number of pyridine rings is 1. The Bertz CT molecular complexity index is 623. The molecule has 9 heteroatoms. The largest absolute Gasteiger partial charge is 0.416 e. The summed E-state index contributed by atoms with van der Waals surface area (Å²) in [5.74, 6) is 0.828. The maximum atomic E-state index is 12.8. The van der Waals surface area contributed by atoms with Crippen LogP contribution in [0.15, 0.2) is 22.3 Å². The number of aryl methyl sites for hydroxylation is 1. The van der Waals surface area contributed by atoms with Gasteiger partial charge >= 0.3 is 6.18 Å². The summed E-state index contributed by atoms with van der Waals surface area (Å²) in [4.78, 5) is 4.08. The highest BCUT2D eigenvalue weighted by molar-refractivity contribution is 7.99. The number of halogens is 3. The maximum Gasteiger partial charge on any atom is 0.416 e. The molecule has 2 rings (SSSR count). The standard InChI is InChI=1S/C11H12F3N5S/c1-6-17-18-10(19(6)3)20-9-5-7(11(12,13)14)4-8(15-2)16-9/h4-5H,1-3H3,(H,15,16). The van der Waals surface area contributed by atoms with Gasteiger partial charge in [-0.1, -0.05) is 0 Å². The average Bonchev–Trinajstić information content (AvgIpc) is 2.69. The van der Waals surface area contributed by atoms with Gasteiger partial charge in [-0.05, 0) is 30.8 Å². The minimum absolute atomic E-state index is 0.154. The maximum absolute atomic E-state index is 12.8. The Balaban J connectivity index is 2.39. The molecule has 108 valence electrons. The van der Waals surface area contributed by atoms with Crippen molar-refractivity contribution in [2.24, 2.45) is 7.05 Å². The van der Waals surface area contributed by atoms with Gasteiger partial charge in [0.2, 0.25) is 0 Å². The third-order valence-electron chi connectivity index (χ3n) is 2.63. The molecule has 0 aliphatic rings. The van der Waals surface area contributed by atoms with Crippen molar-refractivity contribution in [1.82, 2.24) is 19.7 Å². The zero-order valence-corrected chi connectivity index (χ0v) is 11.8. The lowest BCUT2D eigenvalue weighted by Gasteiger charge is -2.10. The van der Waals surface area contributed by atoms with Crippen LogP contribution in [0, 0.1) is 6.92 Å². The fourth-order valence-electron chi connectivity index (χ4n) is 1.42. The zero-order chi connectivity index (χ0) is 14.9. The molecule has 2 aromatic heterocycles. The second-order valence-electron chi connectivity index (χ2n) is 4.02. The van der Waals surface area contributed by atoms with Gasteiger partial charge in [-0.15, -0.1) is 10.2 Å². The third kappa shape index (κ3) is 3.03. The van der Waals surface area contributed by atoms with E-state index >= 15 is 0 Å². The van der Waals surface area contributed by atoms with E-state index in [0.29, 0.717) is 11.0 Å². The van der Waals surface area contributed by atoms with Crippen molar-refractivity contribution in [1.29, 1.82) is 0 Å². The lowest BCUT2D eigenvalue weighted by atomic mass is 10.2. The van der Waals surface area contributed by atoms with Crippen molar-refractivity contribution < 1.29 is 13.2 Å². The van der Waals surface area contributed by atoms with Gasteiger partial charge in [-0.2, -0.15) is 13.2 Å². The number of anilines is 1. The predicted molar refractivity (Wildman–Crippen MR) is 68.6 cm³/mol. The van der Waals surface area contributed by atoms with Crippen molar-refractivity contribution in [3.05, 3.63) is 23.5 Å². The van der Waals surface area contributed by atoms with Crippen LogP contribution in [0.5, 0.6) is 0 Å². The molecule has 0 atom stereocenters. The Morgan fingerprint density at radius 3 is 2.45 bits per heavy atom. The van der Waals surface area contributed by atoms with Crippen LogP contribution in [0.4, 0.5) is 19.0 Å².